The second-order valence-corrected chi connectivity index (χ2v) is 19.7. The summed E-state index contributed by atoms with van der Waals surface area (Å²) >= 11 is 0. The summed E-state index contributed by atoms with van der Waals surface area (Å²) in [5, 5.41) is 60.8. The molecule has 2 aliphatic heterocycles. The van der Waals surface area contributed by atoms with Crippen molar-refractivity contribution < 1.29 is 87.5 Å². The smallest absolute Gasteiger partial charge is 0.338 e. The minimum absolute atomic E-state index is 0.0120. The van der Waals surface area contributed by atoms with Gasteiger partial charge in [0.15, 0.2) is 29.9 Å². The zero-order chi connectivity index (χ0) is 51.4. The Morgan fingerprint density at radius 1 is 0.789 bits per heavy atom. The summed E-state index contributed by atoms with van der Waals surface area (Å²) in [6, 6.07) is 22.6. The molecule has 8 rings (SSSR count). The largest absolute Gasteiger partial charge is 0.456 e. The SMILES string of the molecule is CC(=O)O[C@H]1C(=O)[C@@]2(C)[C@H]([C@@H](OC(=O)c3ccccc3)[C@]3(O)C[C@H](OC(=O)[C@H](O)[C@@H](NC(=O)c4ccccc4)c4ccccc4)C(C)=C1C3(C)C)[C@]1(OC(C)=O)CO[C@@H]1C[C@H]2O[C@H]1OC[C@H](O)[C@H](O)[C@H]1O. The number of ether oxygens (including phenoxy) is 7. The first-order valence-electron chi connectivity index (χ1n) is 23.4. The molecule has 1 amide bonds. The molecule has 2 heterocycles. The summed E-state index contributed by atoms with van der Waals surface area (Å²) in [4.78, 5) is 85.6. The standard InChI is InChI=1S/C52H59NO18/c1-26-33(68-47(63)39(58)37(29-16-10-7-11-17-29)53-45(61)30-18-12-8-13-19-30)23-52(64)44(70-46(62)31-20-14-9-15-21-31)42-50(6,43(60)41(67-27(2)54)36(26)49(52,4)5)34(22-35-51(42,25-66-35)71-28(3)55)69-48-40(59)38(57)32(56)24-65-48/h7-21,32-35,37-42,44,48,56-59,64H,22-25H2,1-6H3,(H,53,61)/t32-,33-,34+,35+,37-,38-,39+,40+,41+,42-,44+,48+,50+,51-,52+/m0/s1. The Labute approximate surface area is 409 Å². The summed E-state index contributed by atoms with van der Waals surface area (Å²) in [5.41, 5.74) is -7.76. The second kappa shape index (κ2) is 19.6. The maximum absolute atomic E-state index is 16.2. The van der Waals surface area contributed by atoms with E-state index in [2.05, 4.69) is 5.32 Å². The maximum Gasteiger partial charge on any atom is 0.338 e. The molecule has 3 aliphatic carbocycles. The van der Waals surface area contributed by atoms with Gasteiger partial charge in [0.05, 0.1) is 42.3 Å². The molecule has 0 unspecified atom stereocenters. The van der Waals surface area contributed by atoms with Crippen LogP contribution in [-0.2, 0) is 52.3 Å². The molecule has 19 nitrogen and oxygen atoms in total. The van der Waals surface area contributed by atoms with Gasteiger partial charge in [-0.15, -0.1) is 0 Å². The van der Waals surface area contributed by atoms with Gasteiger partial charge in [-0.3, -0.25) is 19.2 Å². The number of aliphatic hydroxyl groups is 5. The number of carbonyl (C=O) groups is 6. The van der Waals surface area contributed by atoms with Crippen molar-refractivity contribution in [3.8, 4) is 0 Å². The minimum atomic E-state index is -2.51. The molecule has 2 bridgehead atoms. The van der Waals surface area contributed by atoms with Crippen molar-refractivity contribution >= 4 is 35.6 Å². The van der Waals surface area contributed by atoms with Gasteiger partial charge in [-0.05, 0) is 54.8 Å². The lowest BCUT2D eigenvalue weighted by molar-refractivity contribution is -0.366. The van der Waals surface area contributed by atoms with Gasteiger partial charge in [-0.25, -0.2) is 9.59 Å². The highest BCUT2D eigenvalue weighted by molar-refractivity contribution is 5.96. The highest BCUT2D eigenvalue weighted by Crippen LogP contribution is 2.65. The van der Waals surface area contributed by atoms with Gasteiger partial charge in [0, 0.05) is 37.7 Å². The zero-order valence-corrected chi connectivity index (χ0v) is 40.0. The molecule has 4 fully saturated rings. The molecule has 19 heteroatoms. The fraction of sp³-hybridized carbons (Fsp3) is 0.500. The minimum Gasteiger partial charge on any atom is -0.456 e. The number of hydrogen-bond acceptors (Lipinski definition) is 18. The number of amides is 1. The lowest BCUT2D eigenvalue weighted by atomic mass is 9.44. The molecule has 0 radical (unpaired) electrons. The van der Waals surface area contributed by atoms with Crippen molar-refractivity contribution in [1.29, 1.82) is 0 Å². The van der Waals surface area contributed by atoms with Crippen LogP contribution in [0.4, 0.5) is 0 Å². The Morgan fingerprint density at radius 2 is 1.39 bits per heavy atom. The van der Waals surface area contributed by atoms with Crippen LogP contribution >= 0.6 is 0 Å². The molecule has 15 atom stereocenters. The Balaban J connectivity index is 1.30. The lowest BCUT2D eigenvalue weighted by Gasteiger charge is -2.68. The van der Waals surface area contributed by atoms with Crippen LogP contribution in [0.3, 0.4) is 0 Å². The van der Waals surface area contributed by atoms with E-state index in [-0.39, 0.29) is 28.7 Å². The maximum atomic E-state index is 16.2. The molecule has 0 aromatic heterocycles. The van der Waals surface area contributed by atoms with Gasteiger partial charge in [0.25, 0.3) is 5.91 Å². The van der Waals surface area contributed by atoms with E-state index in [0.29, 0.717) is 5.56 Å². The highest BCUT2D eigenvalue weighted by Gasteiger charge is 2.79. The van der Waals surface area contributed by atoms with Gasteiger partial charge < -0.3 is 64.0 Å². The molecule has 2 saturated carbocycles. The molecule has 380 valence electrons. The van der Waals surface area contributed by atoms with Gasteiger partial charge in [-0.2, -0.15) is 0 Å². The number of ketones is 1. The van der Waals surface area contributed by atoms with Crippen molar-refractivity contribution in [1.82, 2.24) is 5.32 Å². The van der Waals surface area contributed by atoms with Gasteiger partial charge in [0.2, 0.25) is 0 Å². The van der Waals surface area contributed by atoms with Gasteiger partial charge in [0.1, 0.15) is 42.2 Å². The molecule has 3 aromatic carbocycles. The second-order valence-electron chi connectivity index (χ2n) is 19.7. The van der Waals surface area contributed by atoms with Crippen LogP contribution in [0.15, 0.2) is 102 Å². The summed E-state index contributed by atoms with van der Waals surface area (Å²) < 4.78 is 43.1. The van der Waals surface area contributed by atoms with E-state index in [0.717, 1.165) is 13.8 Å². The van der Waals surface area contributed by atoms with E-state index in [9.17, 15) is 49.5 Å². The number of nitrogens with one attached hydrogen (secondary N) is 1. The number of esters is 4. The van der Waals surface area contributed by atoms with Crippen molar-refractivity contribution in [2.75, 3.05) is 13.2 Å². The summed E-state index contributed by atoms with van der Waals surface area (Å²) in [6.07, 6.45) is -17.9. The molecule has 3 aromatic rings. The van der Waals surface area contributed by atoms with E-state index >= 15 is 4.79 Å². The predicted molar refractivity (Wildman–Crippen MR) is 244 cm³/mol. The molecule has 0 spiro atoms. The summed E-state index contributed by atoms with van der Waals surface area (Å²) in [6.45, 7) is 7.24. The van der Waals surface area contributed by atoms with E-state index < -0.39 is 150 Å². The van der Waals surface area contributed by atoms with Crippen molar-refractivity contribution in [2.45, 2.75) is 133 Å². The molecular weight excluding hydrogens is 927 g/mol. The number of rotatable bonds is 12. The topological polar surface area (TPSA) is 280 Å². The summed E-state index contributed by atoms with van der Waals surface area (Å²) in [7, 11) is 0. The van der Waals surface area contributed by atoms with E-state index in [4.69, 9.17) is 33.2 Å². The Hall–Kier alpha value is -5.90. The third-order valence-electron chi connectivity index (χ3n) is 15.2. The van der Waals surface area contributed by atoms with Crippen molar-refractivity contribution in [2.24, 2.45) is 16.7 Å². The molecule has 6 N–H and O–H groups in total. The van der Waals surface area contributed by atoms with Crippen LogP contribution in [0.5, 0.6) is 0 Å². The molecule has 5 aliphatic rings. The van der Waals surface area contributed by atoms with Crippen LogP contribution in [0.1, 0.15) is 86.7 Å². The number of hydrogen-bond donors (Lipinski definition) is 6. The number of carbonyl (C=O) groups excluding carboxylic acids is 6. The number of fused-ring (bicyclic) bond motifs is 5. The van der Waals surface area contributed by atoms with Gasteiger partial charge in [-0.1, -0.05) is 80.6 Å². The van der Waals surface area contributed by atoms with Crippen LogP contribution in [0, 0.1) is 16.7 Å². The average Bonchev–Trinajstić information content (AvgIpc) is 3.34. The normalized spacial score (nSPS) is 34.8. The third kappa shape index (κ3) is 8.96. The fourth-order valence-corrected chi connectivity index (χ4v) is 11.4. The number of Topliss-reactive ketones (excluding diaryl/α,β-unsaturated/α-hetero) is 1. The zero-order valence-electron chi connectivity index (χ0n) is 40.0. The first kappa shape index (κ1) is 51.5. The predicted octanol–water partition coefficient (Wildman–Crippen LogP) is 2.20. The first-order valence-corrected chi connectivity index (χ1v) is 23.4. The quantitative estimate of drug-likeness (QED) is 0.0862. The van der Waals surface area contributed by atoms with Crippen LogP contribution < -0.4 is 5.32 Å². The first-order chi connectivity index (χ1) is 33.6. The lowest BCUT2D eigenvalue weighted by Crippen LogP contribution is -2.82. The molecule has 2 saturated heterocycles. The highest BCUT2D eigenvalue weighted by atomic mass is 16.7. The van der Waals surface area contributed by atoms with Crippen molar-refractivity contribution in [3.63, 3.8) is 0 Å². The van der Waals surface area contributed by atoms with Crippen LogP contribution in [0.2, 0.25) is 0 Å². The molecule has 71 heavy (non-hydrogen) atoms. The van der Waals surface area contributed by atoms with Crippen molar-refractivity contribution in [3.05, 3.63) is 119 Å². The number of aliphatic hydroxyl groups excluding tert-OH is 4. The Morgan fingerprint density at radius 3 is 1.97 bits per heavy atom. The van der Waals surface area contributed by atoms with E-state index in [1.807, 2.05) is 0 Å². The van der Waals surface area contributed by atoms with E-state index in [1.54, 1.807) is 78.9 Å². The average molecular weight is 986 g/mol. The van der Waals surface area contributed by atoms with Gasteiger partial charge >= 0.3 is 23.9 Å². The monoisotopic (exact) mass is 985 g/mol. The summed E-state index contributed by atoms with van der Waals surface area (Å²) in [5.74, 6) is -7.31. The van der Waals surface area contributed by atoms with Crippen LogP contribution in [-0.4, -0.2) is 147 Å². The van der Waals surface area contributed by atoms with Crippen LogP contribution in [0.25, 0.3) is 0 Å². The Kier molecular flexibility index (Phi) is 14.2. The molecular formula is C52H59NO18. The van der Waals surface area contributed by atoms with E-state index in [1.165, 1.54) is 39.8 Å². The Bertz CT molecular complexity index is 2560. The third-order valence-corrected chi connectivity index (χ3v) is 15.2. The number of benzene rings is 3. The fourth-order valence-electron chi connectivity index (χ4n) is 11.4.